The van der Waals surface area contributed by atoms with Gasteiger partial charge < -0.3 is 34.8 Å². The number of ether oxygens (including phenoxy) is 2. The minimum Gasteiger partial charge on any atom is -0.478 e. The molecule has 0 bridgehead atoms. The largest absolute Gasteiger partial charge is 0.478 e. The van der Waals surface area contributed by atoms with Crippen LogP contribution in [0.5, 0.6) is 0 Å². The molecular formula is C35H55N7O5. The molecule has 0 aliphatic carbocycles. The number of hydrogen-bond donors (Lipinski definition) is 3. The Bertz CT molecular complexity index is 1320. The monoisotopic (exact) mass is 653 g/mol. The number of anilines is 2. The highest BCUT2D eigenvalue weighted by Crippen LogP contribution is 2.25. The number of carboxylic acids is 1. The number of hydrogen-bond acceptors (Lipinski definition) is 10. The van der Waals surface area contributed by atoms with Crippen LogP contribution in [0.3, 0.4) is 0 Å². The molecule has 4 rings (SSSR count). The number of aliphatic hydroxyl groups excluding tert-OH is 1. The normalized spacial score (nSPS) is 12.9. The molecule has 12 nitrogen and oxygen atoms in total. The van der Waals surface area contributed by atoms with E-state index in [-0.39, 0.29) is 6.61 Å². The maximum Gasteiger partial charge on any atom is 0.328 e. The summed E-state index contributed by atoms with van der Waals surface area (Å²) in [7, 11) is 1.92. The first-order valence-corrected chi connectivity index (χ1v) is 16.6. The molecule has 47 heavy (non-hydrogen) atoms. The van der Waals surface area contributed by atoms with Crippen molar-refractivity contribution < 1.29 is 24.5 Å². The predicted octanol–water partition coefficient (Wildman–Crippen LogP) is 4.63. The van der Waals surface area contributed by atoms with Crippen LogP contribution >= 0.6 is 0 Å². The summed E-state index contributed by atoms with van der Waals surface area (Å²) in [5, 5.41) is 24.3. The average molecular weight is 654 g/mol. The van der Waals surface area contributed by atoms with E-state index in [2.05, 4.69) is 52.0 Å². The van der Waals surface area contributed by atoms with Crippen LogP contribution in [0.1, 0.15) is 56.9 Å². The van der Waals surface area contributed by atoms with E-state index in [1.807, 2.05) is 35.8 Å². The molecule has 3 aromatic rings. The van der Waals surface area contributed by atoms with Crippen LogP contribution in [0.25, 0.3) is 5.65 Å². The molecule has 0 atom stereocenters. The van der Waals surface area contributed by atoms with Crippen LogP contribution in [0, 0.1) is 0 Å². The minimum absolute atomic E-state index is 0.250. The van der Waals surface area contributed by atoms with Gasteiger partial charge in [-0.25, -0.2) is 9.78 Å². The van der Waals surface area contributed by atoms with E-state index in [9.17, 15) is 4.79 Å². The van der Waals surface area contributed by atoms with Gasteiger partial charge >= 0.3 is 5.97 Å². The quantitative estimate of drug-likeness (QED) is 0.107. The van der Waals surface area contributed by atoms with Crippen LogP contribution in [-0.2, 0) is 33.7 Å². The van der Waals surface area contributed by atoms with Gasteiger partial charge in [-0.2, -0.15) is 9.61 Å². The fourth-order valence-electron chi connectivity index (χ4n) is 4.70. The number of carbonyl (C=O) groups is 1. The number of nitrogens with zero attached hydrogens (tertiary/aromatic N) is 6. The summed E-state index contributed by atoms with van der Waals surface area (Å²) in [5.74, 6) is 1.03. The number of rotatable bonds is 17. The van der Waals surface area contributed by atoms with Gasteiger partial charge in [0, 0.05) is 75.3 Å². The lowest BCUT2D eigenvalue weighted by Gasteiger charge is -2.28. The molecule has 1 saturated heterocycles. The third-order valence-corrected chi connectivity index (χ3v) is 7.12. The highest BCUT2D eigenvalue weighted by Gasteiger charge is 2.17. The molecule has 0 saturated carbocycles. The van der Waals surface area contributed by atoms with E-state index < -0.39 is 5.97 Å². The number of nitrogens with one attached hydrogen (secondary N) is 1. The molecule has 0 aromatic carbocycles. The SMILES string of the molecule is C=CC.CCO.CCc1cnn2c(NCc3ccc(CCOCCOCCN(C)C/C=C/C(=O)O)nc3)cc(N3CCCCC3)nc12. The first-order chi connectivity index (χ1) is 22.9. The van der Waals surface area contributed by atoms with Gasteiger partial charge in [-0.1, -0.05) is 25.1 Å². The van der Waals surface area contributed by atoms with Crippen molar-refractivity contribution in [1.82, 2.24) is 24.5 Å². The number of allylic oxidation sites excluding steroid dienone is 1. The standard InChI is InChI=1S/C30H43N7O4.C3H6.C2H6O/c1-3-25-23-33-37-27(20-28(34-30(25)37)36-13-5-4-6-14-36)32-22-24-9-10-26(31-21-24)11-16-40-18-19-41-17-15-35(2)12-7-8-29(38)39;1-3-2;1-2-3/h7-10,20-21,23,32H,3-6,11-19,22H2,1-2H3,(H,38,39);3H,1H2,2H3;3H,2H2,1H3/b8-7+;;. The molecule has 3 N–H and O–H groups in total. The maximum atomic E-state index is 10.5. The zero-order chi connectivity index (χ0) is 34.3. The number of pyridine rings is 1. The van der Waals surface area contributed by atoms with Crippen molar-refractivity contribution in [2.75, 3.05) is 76.5 Å². The second-order valence-corrected chi connectivity index (χ2v) is 11.0. The van der Waals surface area contributed by atoms with Gasteiger partial charge in [0.1, 0.15) is 11.6 Å². The molecule has 12 heteroatoms. The van der Waals surface area contributed by atoms with Crippen molar-refractivity contribution in [3.63, 3.8) is 0 Å². The Kier molecular flexibility index (Phi) is 19.6. The van der Waals surface area contributed by atoms with Crippen molar-refractivity contribution in [1.29, 1.82) is 0 Å². The average Bonchev–Trinajstić information content (AvgIpc) is 3.50. The van der Waals surface area contributed by atoms with Crippen molar-refractivity contribution >= 4 is 23.3 Å². The Morgan fingerprint density at radius 2 is 1.81 bits per heavy atom. The van der Waals surface area contributed by atoms with Gasteiger partial charge in [0.05, 0.1) is 32.6 Å². The number of piperidine rings is 1. The smallest absolute Gasteiger partial charge is 0.328 e. The third-order valence-electron chi connectivity index (χ3n) is 7.12. The number of aromatic nitrogens is 4. The van der Waals surface area contributed by atoms with Gasteiger partial charge in [0.15, 0.2) is 5.65 Å². The highest BCUT2D eigenvalue weighted by molar-refractivity contribution is 5.79. The molecule has 1 fully saturated rings. The first-order valence-electron chi connectivity index (χ1n) is 16.6. The second kappa shape index (κ2) is 23.5. The van der Waals surface area contributed by atoms with E-state index in [1.54, 1.807) is 19.1 Å². The van der Waals surface area contributed by atoms with Gasteiger partial charge in [-0.05, 0) is 58.2 Å². The maximum absolute atomic E-state index is 10.5. The third kappa shape index (κ3) is 15.1. The van der Waals surface area contributed by atoms with Crippen LogP contribution in [0.15, 0.2) is 55.4 Å². The zero-order valence-corrected chi connectivity index (χ0v) is 28.7. The van der Waals surface area contributed by atoms with Crippen LogP contribution in [0.2, 0.25) is 0 Å². The molecule has 0 spiro atoms. The molecule has 1 aliphatic rings. The first kappa shape index (κ1) is 39.3. The summed E-state index contributed by atoms with van der Waals surface area (Å²) in [6.07, 6.45) is 13.7. The summed E-state index contributed by atoms with van der Waals surface area (Å²) in [6, 6.07) is 6.27. The van der Waals surface area contributed by atoms with E-state index in [0.29, 0.717) is 39.5 Å². The molecule has 0 amide bonds. The number of fused-ring (bicyclic) bond motifs is 1. The molecule has 1 aliphatic heterocycles. The summed E-state index contributed by atoms with van der Waals surface area (Å²) < 4.78 is 13.2. The fraction of sp³-hybridized carbons (Fsp3) is 0.543. The van der Waals surface area contributed by atoms with Crippen LogP contribution in [-0.4, -0.2) is 107 Å². The topological polar surface area (TPSA) is 138 Å². The van der Waals surface area contributed by atoms with Gasteiger partial charge in [-0.15, -0.1) is 6.58 Å². The Morgan fingerprint density at radius 3 is 2.45 bits per heavy atom. The highest BCUT2D eigenvalue weighted by atomic mass is 16.5. The van der Waals surface area contributed by atoms with Crippen molar-refractivity contribution in [3.05, 3.63) is 72.2 Å². The summed E-state index contributed by atoms with van der Waals surface area (Å²) in [6.45, 7) is 15.6. The Labute approximate surface area is 280 Å². The second-order valence-electron chi connectivity index (χ2n) is 11.0. The van der Waals surface area contributed by atoms with Crippen molar-refractivity contribution in [2.45, 2.75) is 59.4 Å². The van der Waals surface area contributed by atoms with E-state index in [0.717, 1.165) is 72.7 Å². The number of likely N-dealkylation sites (N-methyl/N-ethyl adjacent to an activating group) is 1. The predicted molar refractivity (Wildman–Crippen MR) is 188 cm³/mol. The number of aliphatic carboxylic acids is 1. The summed E-state index contributed by atoms with van der Waals surface area (Å²) in [5.41, 5.74) is 4.17. The lowest BCUT2D eigenvalue weighted by molar-refractivity contribution is -0.131. The van der Waals surface area contributed by atoms with Crippen LogP contribution in [0.4, 0.5) is 11.6 Å². The minimum atomic E-state index is -0.931. The molecule has 3 aromatic heterocycles. The van der Waals surface area contributed by atoms with Crippen molar-refractivity contribution in [2.24, 2.45) is 0 Å². The molecule has 4 heterocycles. The molecule has 260 valence electrons. The van der Waals surface area contributed by atoms with Crippen LogP contribution < -0.4 is 10.2 Å². The fourth-order valence-corrected chi connectivity index (χ4v) is 4.70. The van der Waals surface area contributed by atoms with Gasteiger partial charge in [0.2, 0.25) is 0 Å². The van der Waals surface area contributed by atoms with Crippen molar-refractivity contribution in [3.8, 4) is 0 Å². The molecular weight excluding hydrogens is 598 g/mol. The molecule has 0 radical (unpaired) electrons. The summed E-state index contributed by atoms with van der Waals surface area (Å²) in [4.78, 5) is 24.5. The number of aryl methyl sites for hydroxylation is 1. The lowest BCUT2D eigenvalue weighted by Crippen LogP contribution is -2.30. The van der Waals surface area contributed by atoms with E-state index in [4.69, 9.17) is 24.7 Å². The van der Waals surface area contributed by atoms with Gasteiger partial charge in [0.25, 0.3) is 0 Å². The zero-order valence-electron chi connectivity index (χ0n) is 28.7. The Hall–Kier alpha value is -3.84. The Balaban J connectivity index is 0.00000119. The number of carboxylic acid groups (broad SMARTS) is 1. The Morgan fingerprint density at radius 1 is 1.11 bits per heavy atom. The lowest BCUT2D eigenvalue weighted by atomic mass is 10.1. The summed E-state index contributed by atoms with van der Waals surface area (Å²) >= 11 is 0. The molecule has 0 unspecified atom stereocenters. The van der Waals surface area contributed by atoms with E-state index in [1.165, 1.54) is 19.3 Å². The number of aliphatic hydroxyl groups is 1. The van der Waals surface area contributed by atoms with E-state index >= 15 is 0 Å². The van der Waals surface area contributed by atoms with Gasteiger partial charge in [-0.3, -0.25) is 4.98 Å².